The second kappa shape index (κ2) is 7.06. The molecule has 0 amide bonds. The highest BCUT2D eigenvalue weighted by Crippen LogP contribution is 2.29. The Hall–Kier alpha value is -3.05. The van der Waals surface area contributed by atoms with Gasteiger partial charge in [-0.25, -0.2) is 4.98 Å². The highest BCUT2D eigenvalue weighted by Gasteiger charge is 2.18. The Balaban J connectivity index is 1.62. The van der Waals surface area contributed by atoms with Crippen LogP contribution in [0.15, 0.2) is 71.4 Å². The molecule has 5 heteroatoms. The van der Waals surface area contributed by atoms with Crippen molar-refractivity contribution in [1.82, 2.24) is 14.9 Å². The summed E-state index contributed by atoms with van der Waals surface area (Å²) < 4.78 is 13.4. The van der Waals surface area contributed by atoms with Gasteiger partial charge in [0.25, 0.3) is 0 Å². The maximum atomic E-state index is 6.01. The first-order chi connectivity index (χ1) is 12.8. The summed E-state index contributed by atoms with van der Waals surface area (Å²) >= 11 is 0. The number of imidazole rings is 1. The molecule has 132 valence electrons. The number of methoxy groups -OCH3 is 1. The number of fused-ring (bicyclic) bond motifs is 1. The van der Waals surface area contributed by atoms with Crippen LogP contribution in [0.2, 0.25) is 0 Å². The Kier molecular flexibility index (Phi) is 4.46. The van der Waals surface area contributed by atoms with Crippen LogP contribution in [-0.4, -0.2) is 16.7 Å². The van der Waals surface area contributed by atoms with E-state index in [0.717, 1.165) is 33.9 Å². The number of nitrogens with zero attached hydrogens (tertiary/aromatic N) is 2. The number of ether oxygens (including phenoxy) is 1. The Morgan fingerprint density at radius 2 is 2.00 bits per heavy atom. The fraction of sp³-hybridized carbons (Fsp3) is 0.190. The molecule has 0 aliphatic carbocycles. The molecule has 2 aromatic heterocycles. The number of hydrogen-bond acceptors (Lipinski definition) is 4. The summed E-state index contributed by atoms with van der Waals surface area (Å²) in [6, 6.07) is 18.2. The largest absolute Gasteiger partial charge is 0.493 e. The average Bonchev–Trinajstić information content (AvgIpc) is 3.28. The van der Waals surface area contributed by atoms with Crippen LogP contribution in [0.5, 0.6) is 5.75 Å². The van der Waals surface area contributed by atoms with Crippen molar-refractivity contribution in [3.8, 4) is 5.75 Å². The minimum Gasteiger partial charge on any atom is -0.493 e. The van der Waals surface area contributed by atoms with E-state index < -0.39 is 0 Å². The Morgan fingerprint density at radius 3 is 2.73 bits per heavy atom. The van der Waals surface area contributed by atoms with Gasteiger partial charge in [0.15, 0.2) is 11.3 Å². The molecule has 4 rings (SSSR count). The minimum absolute atomic E-state index is 0.0219. The van der Waals surface area contributed by atoms with Crippen LogP contribution in [0, 0.1) is 0 Å². The number of aromatic nitrogens is 2. The lowest BCUT2D eigenvalue weighted by atomic mass is 10.1. The van der Waals surface area contributed by atoms with Crippen molar-refractivity contribution >= 4 is 11.0 Å². The molecule has 0 saturated carbocycles. The molecule has 0 aliphatic rings. The molecule has 0 aliphatic heterocycles. The first-order valence-electron chi connectivity index (χ1n) is 8.57. The SMILES string of the molecule is COc1cccc2cc(CN[C@H](c3ccccc3)c3nccn3C)oc12. The zero-order valence-corrected chi connectivity index (χ0v) is 14.8. The van der Waals surface area contributed by atoms with E-state index >= 15 is 0 Å². The lowest BCUT2D eigenvalue weighted by Gasteiger charge is -2.18. The van der Waals surface area contributed by atoms with Crippen molar-refractivity contribution < 1.29 is 9.15 Å². The highest BCUT2D eigenvalue weighted by molar-refractivity contribution is 5.83. The van der Waals surface area contributed by atoms with E-state index in [4.69, 9.17) is 9.15 Å². The maximum absolute atomic E-state index is 6.01. The van der Waals surface area contributed by atoms with Gasteiger partial charge in [0.05, 0.1) is 19.7 Å². The third-order valence-corrected chi connectivity index (χ3v) is 4.51. The van der Waals surface area contributed by atoms with Crippen molar-refractivity contribution in [2.75, 3.05) is 7.11 Å². The molecule has 5 nitrogen and oxygen atoms in total. The lowest BCUT2D eigenvalue weighted by molar-refractivity contribution is 0.405. The number of nitrogens with one attached hydrogen (secondary N) is 1. The topological polar surface area (TPSA) is 52.2 Å². The van der Waals surface area contributed by atoms with Gasteiger partial charge >= 0.3 is 0 Å². The van der Waals surface area contributed by atoms with Gasteiger partial charge in [-0.2, -0.15) is 0 Å². The van der Waals surface area contributed by atoms with Crippen molar-refractivity contribution in [1.29, 1.82) is 0 Å². The second-order valence-corrected chi connectivity index (χ2v) is 6.21. The Morgan fingerprint density at radius 1 is 1.15 bits per heavy atom. The molecule has 26 heavy (non-hydrogen) atoms. The summed E-state index contributed by atoms with van der Waals surface area (Å²) in [5, 5.41) is 4.61. The van der Waals surface area contributed by atoms with E-state index in [1.165, 1.54) is 0 Å². The zero-order valence-electron chi connectivity index (χ0n) is 14.8. The highest BCUT2D eigenvalue weighted by atomic mass is 16.5. The van der Waals surface area contributed by atoms with Crippen molar-refractivity contribution in [2.24, 2.45) is 7.05 Å². The van der Waals surface area contributed by atoms with Gasteiger partial charge in [-0.05, 0) is 17.7 Å². The zero-order chi connectivity index (χ0) is 17.9. The third-order valence-electron chi connectivity index (χ3n) is 4.51. The number of furan rings is 1. The van der Waals surface area contributed by atoms with E-state index in [1.54, 1.807) is 7.11 Å². The van der Waals surface area contributed by atoms with Crippen LogP contribution in [0.25, 0.3) is 11.0 Å². The monoisotopic (exact) mass is 347 g/mol. The maximum Gasteiger partial charge on any atom is 0.176 e. The standard InChI is InChI=1S/C21H21N3O2/c1-24-12-11-22-21(24)19(15-7-4-3-5-8-15)23-14-17-13-16-9-6-10-18(25-2)20(16)26-17/h3-13,19,23H,14H2,1-2H3/t19-/m1/s1. The van der Waals surface area contributed by atoms with Crippen molar-refractivity contribution in [3.05, 3.63) is 84.1 Å². The molecule has 0 radical (unpaired) electrons. The fourth-order valence-electron chi connectivity index (χ4n) is 3.20. The molecule has 0 unspecified atom stereocenters. The molecule has 0 bridgehead atoms. The van der Waals surface area contributed by atoms with E-state index in [9.17, 15) is 0 Å². The normalized spacial score (nSPS) is 12.4. The first-order valence-corrected chi connectivity index (χ1v) is 8.57. The number of rotatable bonds is 6. The summed E-state index contributed by atoms with van der Waals surface area (Å²) in [6.07, 6.45) is 3.78. The molecule has 4 aromatic rings. The third kappa shape index (κ3) is 3.09. The van der Waals surface area contributed by atoms with Gasteiger partial charge < -0.3 is 13.7 Å². The summed E-state index contributed by atoms with van der Waals surface area (Å²) in [6.45, 7) is 0.588. The minimum atomic E-state index is -0.0219. The van der Waals surface area contributed by atoms with Crippen LogP contribution in [0.4, 0.5) is 0 Å². The molecule has 0 saturated heterocycles. The number of hydrogen-bond donors (Lipinski definition) is 1. The van der Waals surface area contributed by atoms with Gasteiger partial charge in [-0.15, -0.1) is 0 Å². The van der Waals surface area contributed by atoms with Gasteiger partial charge in [-0.1, -0.05) is 42.5 Å². The molecule has 2 aromatic carbocycles. The first kappa shape index (κ1) is 16.4. The Bertz CT molecular complexity index is 1000. The van der Waals surface area contributed by atoms with E-state index in [1.807, 2.05) is 66.5 Å². The van der Waals surface area contributed by atoms with Crippen LogP contribution < -0.4 is 10.1 Å². The summed E-state index contributed by atoms with van der Waals surface area (Å²) in [5.74, 6) is 2.57. The van der Waals surface area contributed by atoms with Gasteiger partial charge in [0.2, 0.25) is 0 Å². The predicted molar refractivity (Wildman–Crippen MR) is 101 cm³/mol. The van der Waals surface area contributed by atoms with Crippen molar-refractivity contribution in [3.63, 3.8) is 0 Å². The predicted octanol–water partition coefficient (Wildman–Crippen LogP) is 4.05. The second-order valence-electron chi connectivity index (χ2n) is 6.21. The van der Waals surface area contributed by atoms with E-state index in [0.29, 0.717) is 6.54 Å². The lowest BCUT2D eigenvalue weighted by Crippen LogP contribution is -2.24. The number of para-hydroxylation sites is 1. The Labute approximate surface area is 152 Å². The van der Waals surface area contributed by atoms with Crippen LogP contribution in [0.1, 0.15) is 23.2 Å². The van der Waals surface area contributed by atoms with Gasteiger partial charge in [0, 0.05) is 24.8 Å². The number of benzene rings is 2. The molecule has 1 atom stereocenters. The molecular formula is C21H21N3O2. The molecular weight excluding hydrogens is 326 g/mol. The van der Waals surface area contributed by atoms with Crippen LogP contribution >= 0.6 is 0 Å². The number of aryl methyl sites for hydroxylation is 1. The smallest absolute Gasteiger partial charge is 0.176 e. The summed E-state index contributed by atoms with van der Waals surface area (Å²) in [7, 11) is 3.66. The van der Waals surface area contributed by atoms with Gasteiger partial charge in [0.1, 0.15) is 11.6 Å². The quantitative estimate of drug-likeness (QED) is 0.572. The average molecular weight is 347 g/mol. The molecule has 1 N–H and O–H groups in total. The molecule has 0 fully saturated rings. The molecule has 2 heterocycles. The van der Waals surface area contributed by atoms with Crippen LogP contribution in [0.3, 0.4) is 0 Å². The van der Waals surface area contributed by atoms with E-state index in [2.05, 4.69) is 22.4 Å². The van der Waals surface area contributed by atoms with Gasteiger partial charge in [-0.3, -0.25) is 5.32 Å². The molecule has 0 spiro atoms. The van der Waals surface area contributed by atoms with Crippen molar-refractivity contribution in [2.45, 2.75) is 12.6 Å². The van der Waals surface area contributed by atoms with E-state index in [-0.39, 0.29) is 6.04 Å². The van der Waals surface area contributed by atoms with Crippen LogP contribution in [-0.2, 0) is 13.6 Å². The summed E-state index contributed by atoms with van der Waals surface area (Å²) in [4.78, 5) is 4.52. The fourth-order valence-corrected chi connectivity index (χ4v) is 3.20. The summed E-state index contributed by atoms with van der Waals surface area (Å²) in [5.41, 5.74) is 1.94.